The van der Waals surface area contributed by atoms with E-state index in [2.05, 4.69) is 19.6 Å². The Morgan fingerprint density at radius 1 is 1.21 bits per heavy atom. The van der Waals surface area contributed by atoms with Crippen LogP contribution in [0.1, 0.15) is 54.9 Å². The lowest BCUT2D eigenvalue weighted by molar-refractivity contribution is -0.115. The van der Waals surface area contributed by atoms with Crippen molar-refractivity contribution in [1.29, 1.82) is 0 Å². The Labute approximate surface area is 89.7 Å². The number of hydrogen-bond donors (Lipinski definition) is 2. The Hall–Kier alpha value is -0.570. The summed E-state index contributed by atoms with van der Waals surface area (Å²) in [6, 6.07) is 0. The first-order valence-corrected chi connectivity index (χ1v) is 5.37. The highest BCUT2D eigenvalue weighted by Gasteiger charge is 1.86. The highest BCUT2D eigenvalue weighted by Crippen LogP contribution is 1.94. The van der Waals surface area contributed by atoms with Crippen LogP contribution < -0.4 is 5.73 Å². The fraction of sp³-hybridized carbons (Fsp3) is 0.909. The molecule has 3 heteroatoms. The second-order valence-corrected chi connectivity index (χ2v) is 2.52. The summed E-state index contributed by atoms with van der Waals surface area (Å²) in [5, 5.41) is 8.24. The van der Waals surface area contributed by atoms with Gasteiger partial charge >= 0.3 is 0 Å². The maximum atomic E-state index is 9.22. The van der Waals surface area contributed by atoms with Crippen LogP contribution in [0.3, 0.4) is 0 Å². The maximum Gasteiger partial charge on any atom is 0.214 e. The molecule has 0 saturated heterocycles. The van der Waals surface area contributed by atoms with E-state index in [0.29, 0.717) is 12.5 Å². The van der Waals surface area contributed by atoms with Crippen molar-refractivity contribution in [3.63, 3.8) is 0 Å². The van der Waals surface area contributed by atoms with E-state index in [0.717, 1.165) is 6.42 Å². The van der Waals surface area contributed by atoms with E-state index in [1.807, 2.05) is 27.7 Å². The number of primary amides is 1. The van der Waals surface area contributed by atoms with Gasteiger partial charge in [0.05, 0.1) is 0 Å². The van der Waals surface area contributed by atoms with E-state index in [1.165, 1.54) is 6.92 Å². The van der Waals surface area contributed by atoms with Crippen LogP contribution >= 0.6 is 0 Å². The van der Waals surface area contributed by atoms with Crippen LogP contribution in [0.2, 0.25) is 0 Å². The summed E-state index contributed by atoms with van der Waals surface area (Å²) < 4.78 is 0. The van der Waals surface area contributed by atoms with Crippen molar-refractivity contribution in [2.75, 3.05) is 6.61 Å². The molecule has 0 aliphatic heterocycles. The smallest absolute Gasteiger partial charge is 0.214 e. The number of rotatable bonds is 2. The van der Waals surface area contributed by atoms with E-state index < -0.39 is 0 Å². The first-order valence-electron chi connectivity index (χ1n) is 5.37. The summed E-state index contributed by atoms with van der Waals surface area (Å²) in [6.07, 6.45) is 0.931. The van der Waals surface area contributed by atoms with Gasteiger partial charge in [0.2, 0.25) is 5.91 Å². The predicted molar refractivity (Wildman–Crippen MR) is 64.1 cm³/mol. The molecular formula is C11H29NO2. The average Bonchev–Trinajstić information content (AvgIpc) is 2.10. The molecule has 0 aliphatic carbocycles. The zero-order valence-electron chi connectivity index (χ0n) is 10.9. The van der Waals surface area contributed by atoms with E-state index >= 15 is 0 Å². The summed E-state index contributed by atoms with van der Waals surface area (Å²) in [7, 11) is 0. The fourth-order valence-electron chi connectivity index (χ4n) is 0.258. The molecule has 0 aliphatic rings. The minimum Gasteiger partial charge on any atom is -0.396 e. The normalized spacial score (nSPS) is 6.93. The molecule has 14 heavy (non-hydrogen) atoms. The molecule has 0 fully saturated rings. The summed E-state index contributed by atoms with van der Waals surface area (Å²) >= 11 is 0. The lowest BCUT2D eigenvalue weighted by Gasteiger charge is -1.95. The maximum absolute atomic E-state index is 9.22. The number of aliphatic hydroxyl groups is 1. The largest absolute Gasteiger partial charge is 0.396 e. The molecule has 1 amide bonds. The lowest BCUT2D eigenvalue weighted by atomic mass is 10.2. The van der Waals surface area contributed by atoms with Crippen LogP contribution in [0.5, 0.6) is 0 Å². The van der Waals surface area contributed by atoms with Gasteiger partial charge in [0.1, 0.15) is 0 Å². The Morgan fingerprint density at radius 2 is 1.43 bits per heavy atom. The number of carbonyl (C=O) groups excluding carboxylic acids is 1. The minimum atomic E-state index is -0.333. The Morgan fingerprint density at radius 3 is 1.43 bits per heavy atom. The number of amides is 1. The van der Waals surface area contributed by atoms with Crippen LogP contribution in [-0.2, 0) is 4.79 Å². The van der Waals surface area contributed by atoms with Crippen LogP contribution in [-0.4, -0.2) is 17.6 Å². The van der Waals surface area contributed by atoms with Gasteiger partial charge in [-0.25, -0.2) is 0 Å². The van der Waals surface area contributed by atoms with Crippen molar-refractivity contribution in [2.45, 2.75) is 54.9 Å². The predicted octanol–water partition coefficient (Wildman–Crippen LogP) is 2.57. The van der Waals surface area contributed by atoms with E-state index in [4.69, 9.17) is 5.11 Å². The van der Waals surface area contributed by atoms with E-state index in [1.54, 1.807) is 0 Å². The fourth-order valence-corrected chi connectivity index (χ4v) is 0.258. The summed E-state index contributed by atoms with van der Waals surface area (Å²) in [6.45, 7) is 13.8. The second kappa shape index (κ2) is 29.4. The summed E-state index contributed by atoms with van der Waals surface area (Å²) in [4.78, 5) is 9.22. The zero-order chi connectivity index (χ0) is 12.6. The molecule has 3 N–H and O–H groups in total. The van der Waals surface area contributed by atoms with Crippen LogP contribution in [0.25, 0.3) is 0 Å². The standard InChI is InChI=1S/C5H12O.C2H5NO.2C2H6/c1-5(2)3-4-6;1-2(3)4;2*1-2/h5-6H,3-4H2,1-2H3;1H3,(H2,3,4);2*1-2H3. The first kappa shape index (κ1) is 23.3. The van der Waals surface area contributed by atoms with Crippen molar-refractivity contribution < 1.29 is 9.90 Å². The first-order chi connectivity index (χ1) is 6.50. The van der Waals surface area contributed by atoms with Gasteiger partial charge in [-0.2, -0.15) is 0 Å². The average molecular weight is 207 g/mol. The van der Waals surface area contributed by atoms with Crippen molar-refractivity contribution in [3.05, 3.63) is 0 Å². The van der Waals surface area contributed by atoms with Crippen LogP contribution in [0, 0.1) is 5.92 Å². The van der Waals surface area contributed by atoms with Crippen molar-refractivity contribution in [3.8, 4) is 0 Å². The van der Waals surface area contributed by atoms with Gasteiger partial charge in [-0.3, -0.25) is 4.79 Å². The lowest BCUT2D eigenvalue weighted by Crippen LogP contribution is -2.01. The molecule has 0 saturated carbocycles. The van der Waals surface area contributed by atoms with Gasteiger partial charge in [0.15, 0.2) is 0 Å². The third-order valence-electron chi connectivity index (χ3n) is 0.706. The van der Waals surface area contributed by atoms with Gasteiger partial charge in [0, 0.05) is 13.5 Å². The Bertz CT molecular complexity index is 79.4. The van der Waals surface area contributed by atoms with Gasteiger partial charge < -0.3 is 10.8 Å². The molecule has 0 unspecified atom stereocenters. The second-order valence-electron chi connectivity index (χ2n) is 2.52. The minimum absolute atomic E-state index is 0.331. The quantitative estimate of drug-likeness (QED) is 0.731. The van der Waals surface area contributed by atoms with Gasteiger partial charge in [-0.15, -0.1) is 0 Å². The molecule has 0 rings (SSSR count). The zero-order valence-corrected chi connectivity index (χ0v) is 10.9. The molecule has 0 aromatic heterocycles. The molecule has 3 nitrogen and oxygen atoms in total. The SMILES string of the molecule is CC.CC.CC(C)CCO.CC(N)=O. The topological polar surface area (TPSA) is 63.3 Å². The van der Waals surface area contributed by atoms with Crippen molar-refractivity contribution >= 4 is 5.91 Å². The third kappa shape index (κ3) is 211. The van der Waals surface area contributed by atoms with Gasteiger partial charge in [-0.1, -0.05) is 41.5 Å². The van der Waals surface area contributed by atoms with Gasteiger partial charge in [-0.05, 0) is 12.3 Å². The number of hydrogen-bond acceptors (Lipinski definition) is 2. The number of nitrogens with two attached hydrogens (primary N) is 1. The molecular weight excluding hydrogens is 178 g/mol. The van der Waals surface area contributed by atoms with Crippen molar-refractivity contribution in [1.82, 2.24) is 0 Å². The highest BCUT2D eigenvalue weighted by atomic mass is 16.3. The highest BCUT2D eigenvalue weighted by molar-refractivity contribution is 5.70. The van der Waals surface area contributed by atoms with E-state index in [-0.39, 0.29) is 5.91 Å². The summed E-state index contributed by atoms with van der Waals surface area (Å²) in [5.41, 5.74) is 4.47. The molecule has 0 spiro atoms. The third-order valence-corrected chi connectivity index (χ3v) is 0.706. The molecule has 0 atom stereocenters. The Balaban J connectivity index is -0.0000000546. The molecule has 90 valence electrons. The molecule has 0 aromatic rings. The van der Waals surface area contributed by atoms with Crippen molar-refractivity contribution in [2.24, 2.45) is 11.7 Å². The number of aliphatic hydroxyl groups excluding tert-OH is 1. The Kier molecular flexibility index (Phi) is 49.0. The summed E-state index contributed by atoms with van der Waals surface area (Å²) in [5.74, 6) is 0.315. The molecule has 0 radical (unpaired) electrons. The molecule has 0 aromatic carbocycles. The van der Waals surface area contributed by atoms with Gasteiger partial charge in [0.25, 0.3) is 0 Å². The van der Waals surface area contributed by atoms with E-state index in [9.17, 15) is 4.79 Å². The molecule has 0 bridgehead atoms. The van der Waals surface area contributed by atoms with Crippen LogP contribution in [0.4, 0.5) is 0 Å². The number of carbonyl (C=O) groups is 1. The monoisotopic (exact) mass is 207 g/mol. The van der Waals surface area contributed by atoms with Crippen LogP contribution in [0.15, 0.2) is 0 Å². The molecule has 0 heterocycles.